The first-order valence-electron chi connectivity index (χ1n) is 9.38. The minimum atomic E-state index is -0.371. The molecule has 1 unspecified atom stereocenters. The van der Waals surface area contributed by atoms with Crippen LogP contribution in [0.5, 0.6) is 11.5 Å². The number of hydrogen-bond donors (Lipinski definition) is 2. The number of benzene rings is 1. The summed E-state index contributed by atoms with van der Waals surface area (Å²) in [4.78, 5) is 9.06. The van der Waals surface area contributed by atoms with Crippen molar-refractivity contribution in [2.75, 3.05) is 20.2 Å². The van der Waals surface area contributed by atoms with E-state index in [-0.39, 0.29) is 17.7 Å². The molecule has 0 spiro atoms. The highest BCUT2D eigenvalue weighted by atomic mass is 19.1. The predicted octanol–water partition coefficient (Wildman–Crippen LogP) is 3.37. The molecule has 1 aromatic heterocycles. The minimum Gasteiger partial charge on any atom is -0.496 e. The largest absolute Gasteiger partial charge is 0.496 e. The lowest BCUT2D eigenvalue weighted by Gasteiger charge is -2.18. The van der Waals surface area contributed by atoms with Crippen molar-refractivity contribution in [2.24, 2.45) is 4.99 Å². The second-order valence-corrected chi connectivity index (χ2v) is 6.48. The van der Waals surface area contributed by atoms with Crippen LogP contribution in [0.2, 0.25) is 0 Å². The van der Waals surface area contributed by atoms with Crippen LogP contribution in [-0.2, 0) is 6.54 Å². The lowest BCUT2D eigenvalue weighted by molar-refractivity contribution is 0.214. The van der Waals surface area contributed by atoms with E-state index in [0.717, 1.165) is 29.1 Å². The molecule has 0 aliphatic rings. The second-order valence-electron chi connectivity index (χ2n) is 6.48. The number of aromatic nitrogens is 1. The van der Waals surface area contributed by atoms with Gasteiger partial charge in [-0.3, -0.25) is 4.98 Å². The number of aliphatic imine (C=N–C) groups is 1. The number of nitrogens with zero attached hydrogens (tertiary/aromatic N) is 2. The maximum Gasteiger partial charge on any atom is 0.191 e. The van der Waals surface area contributed by atoms with E-state index in [2.05, 4.69) is 20.6 Å². The van der Waals surface area contributed by atoms with Gasteiger partial charge in [0.2, 0.25) is 0 Å². The maximum absolute atomic E-state index is 13.7. The Morgan fingerprint density at radius 1 is 1.25 bits per heavy atom. The summed E-state index contributed by atoms with van der Waals surface area (Å²) in [6.45, 7) is 9.43. The number of pyridine rings is 1. The van der Waals surface area contributed by atoms with E-state index in [0.29, 0.717) is 19.0 Å². The summed E-state index contributed by atoms with van der Waals surface area (Å²) in [5.74, 6) is 1.35. The van der Waals surface area contributed by atoms with Gasteiger partial charge in [0.15, 0.2) is 17.5 Å². The van der Waals surface area contributed by atoms with Gasteiger partial charge < -0.3 is 20.1 Å². The summed E-state index contributed by atoms with van der Waals surface area (Å²) >= 11 is 0. The molecule has 7 heteroatoms. The van der Waals surface area contributed by atoms with Gasteiger partial charge in [0.1, 0.15) is 11.9 Å². The third-order valence-corrected chi connectivity index (χ3v) is 4.20. The first-order chi connectivity index (χ1) is 13.5. The van der Waals surface area contributed by atoms with E-state index in [1.165, 1.54) is 6.07 Å². The maximum atomic E-state index is 13.7. The molecule has 0 aliphatic heterocycles. The fourth-order valence-electron chi connectivity index (χ4n) is 2.77. The Bertz CT molecular complexity index is 811. The smallest absolute Gasteiger partial charge is 0.191 e. The summed E-state index contributed by atoms with van der Waals surface area (Å²) in [6.07, 6.45) is 1.56. The topological polar surface area (TPSA) is 67.8 Å². The second kappa shape index (κ2) is 10.5. The van der Waals surface area contributed by atoms with Gasteiger partial charge in [-0.05, 0) is 39.8 Å². The molecule has 2 N–H and O–H groups in total. The Kier molecular flexibility index (Phi) is 8.04. The van der Waals surface area contributed by atoms with Crippen LogP contribution in [0, 0.1) is 19.7 Å². The van der Waals surface area contributed by atoms with Gasteiger partial charge in [0, 0.05) is 23.9 Å². The van der Waals surface area contributed by atoms with Gasteiger partial charge in [-0.1, -0.05) is 12.1 Å². The third-order valence-electron chi connectivity index (χ3n) is 4.20. The van der Waals surface area contributed by atoms with Crippen LogP contribution in [0.4, 0.5) is 4.39 Å². The van der Waals surface area contributed by atoms with Crippen molar-refractivity contribution in [3.8, 4) is 11.5 Å². The first-order valence-corrected chi connectivity index (χ1v) is 9.38. The molecule has 152 valence electrons. The fourth-order valence-corrected chi connectivity index (χ4v) is 2.77. The van der Waals surface area contributed by atoms with Gasteiger partial charge in [-0.2, -0.15) is 0 Å². The number of ether oxygens (including phenoxy) is 2. The van der Waals surface area contributed by atoms with Crippen LogP contribution in [0.3, 0.4) is 0 Å². The van der Waals surface area contributed by atoms with Crippen LogP contribution in [0.25, 0.3) is 0 Å². The summed E-state index contributed by atoms with van der Waals surface area (Å²) in [7, 11) is 1.66. The quantitative estimate of drug-likeness (QED) is 0.536. The monoisotopic (exact) mass is 388 g/mol. The van der Waals surface area contributed by atoms with Gasteiger partial charge in [-0.15, -0.1) is 0 Å². The molecule has 2 rings (SSSR count). The zero-order valence-corrected chi connectivity index (χ0v) is 17.2. The van der Waals surface area contributed by atoms with E-state index in [4.69, 9.17) is 9.47 Å². The van der Waals surface area contributed by atoms with Crippen molar-refractivity contribution >= 4 is 5.96 Å². The lowest BCUT2D eigenvalue weighted by Crippen LogP contribution is -2.41. The molecule has 0 aliphatic carbocycles. The minimum absolute atomic E-state index is 0.236. The van der Waals surface area contributed by atoms with Crippen LogP contribution in [0.15, 0.2) is 35.5 Å². The molecular formula is C21H29FN4O2. The predicted molar refractivity (Wildman–Crippen MR) is 110 cm³/mol. The summed E-state index contributed by atoms with van der Waals surface area (Å²) < 4.78 is 24.8. The Labute approximate surface area is 166 Å². The molecule has 6 nitrogen and oxygen atoms in total. The average molecular weight is 388 g/mol. The van der Waals surface area contributed by atoms with Crippen LogP contribution in [-0.4, -0.2) is 37.2 Å². The molecule has 2 aromatic rings. The highest BCUT2D eigenvalue weighted by molar-refractivity contribution is 5.79. The summed E-state index contributed by atoms with van der Waals surface area (Å²) in [5.41, 5.74) is 2.84. The van der Waals surface area contributed by atoms with E-state index in [9.17, 15) is 4.39 Å². The lowest BCUT2D eigenvalue weighted by atomic mass is 10.1. The SMILES string of the molecule is CCNC(=NCc1ncc(C)c(OC)c1C)NCC(C)Oc1ccccc1F. The standard InChI is InChI=1S/C21H29FN4O2/c1-6-23-21(25-12-15(3)28-19-10-8-7-9-17(19)22)26-13-18-16(4)20(27-5)14(2)11-24-18/h7-11,15H,6,12-13H2,1-5H3,(H2,23,25,26). The zero-order valence-electron chi connectivity index (χ0n) is 17.2. The Balaban J connectivity index is 2.00. The fraction of sp³-hybridized carbons (Fsp3) is 0.429. The van der Waals surface area contributed by atoms with Crippen molar-refractivity contribution in [3.63, 3.8) is 0 Å². The van der Waals surface area contributed by atoms with Crippen LogP contribution in [0.1, 0.15) is 30.7 Å². The number of aryl methyl sites for hydroxylation is 1. The third kappa shape index (κ3) is 5.84. The summed E-state index contributed by atoms with van der Waals surface area (Å²) in [6, 6.07) is 6.38. The summed E-state index contributed by atoms with van der Waals surface area (Å²) in [5, 5.41) is 6.42. The average Bonchev–Trinajstić information content (AvgIpc) is 2.67. The normalized spacial score (nSPS) is 12.4. The number of halogens is 1. The van der Waals surface area contributed by atoms with E-state index < -0.39 is 0 Å². The number of rotatable bonds is 8. The molecule has 28 heavy (non-hydrogen) atoms. The number of methoxy groups -OCH3 is 1. The number of guanidine groups is 1. The number of nitrogens with one attached hydrogen (secondary N) is 2. The van der Waals surface area contributed by atoms with Gasteiger partial charge in [0.25, 0.3) is 0 Å². The van der Waals surface area contributed by atoms with E-state index in [1.807, 2.05) is 27.7 Å². The van der Waals surface area contributed by atoms with Crippen molar-refractivity contribution in [2.45, 2.75) is 40.3 Å². The van der Waals surface area contributed by atoms with Crippen molar-refractivity contribution < 1.29 is 13.9 Å². The van der Waals surface area contributed by atoms with E-state index in [1.54, 1.807) is 31.5 Å². The van der Waals surface area contributed by atoms with E-state index >= 15 is 0 Å². The number of hydrogen-bond acceptors (Lipinski definition) is 4. The molecule has 0 amide bonds. The molecule has 0 saturated carbocycles. The van der Waals surface area contributed by atoms with Gasteiger partial charge in [-0.25, -0.2) is 9.38 Å². The van der Waals surface area contributed by atoms with Crippen LogP contribution >= 0.6 is 0 Å². The van der Waals surface area contributed by atoms with Crippen molar-refractivity contribution in [3.05, 3.63) is 53.1 Å². The molecule has 1 atom stereocenters. The number of para-hydroxylation sites is 1. The van der Waals surface area contributed by atoms with Crippen LogP contribution < -0.4 is 20.1 Å². The van der Waals surface area contributed by atoms with Crippen molar-refractivity contribution in [1.29, 1.82) is 0 Å². The zero-order chi connectivity index (χ0) is 20.5. The Hall–Kier alpha value is -2.83. The molecule has 0 bridgehead atoms. The van der Waals surface area contributed by atoms with Gasteiger partial charge in [0.05, 0.1) is 25.9 Å². The molecule has 0 saturated heterocycles. The highest BCUT2D eigenvalue weighted by Crippen LogP contribution is 2.24. The molecule has 0 radical (unpaired) electrons. The molecule has 0 fully saturated rings. The molecule has 1 aromatic carbocycles. The first kappa shape index (κ1) is 21.5. The van der Waals surface area contributed by atoms with Gasteiger partial charge >= 0.3 is 0 Å². The molecule has 1 heterocycles. The van der Waals surface area contributed by atoms with Crippen molar-refractivity contribution in [1.82, 2.24) is 15.6 Å². The Morgan fingerprint density at radius 3 is 2.68 bits per heavy atom. The highest BCUT2D eigenvalue weighted by Gasteiger charge is 2.11. The Morgan fingerprint density at radius 2 is 2.00 bits per heavy atom. The molecular weight excluding hydrogens is 359 g/mol.